The van der Waals surface area contributed by atoms with Crippen LogP contribution < -0.4 is 16.6 Å². The van der Waals surface area contributed by atoms with Gasteiger partial charge in [0.15, 0.2) is 5.78 Å². The zero-order chi connectivity index (χ0) is 25.2. The number of benzene rings is 2. The van der Waals surface area contributed by atoms with E-state index in [-0.39, 0.29) is 16.9 Å². The van der Waals surface area contributed by atoms with Crippen molar-refractivity contribution in [1.29, 1.82) is 0 Å². The highest BCUT2D eigenvalue weighted by Gasteiger charge is 2.40. The quantitative estimate of drug-likeness (QED) is 0.425. The number of halogens is 2. The van der Waals surface area contributed by atoms with Gasteiger partial charge in [-0.1, -0.05) is 25.0 Å². The molecular weight excluding hydrogens is 456 g/mol. The lowest BCUT2D eigenvalue weighted by molar-refractivity contribution is -0.144. The molecule has 1 heterocycles. The molecule has 1 saturated carbocycles. The van der Waals surface area contributed by atoms with E-state index in [1.165, 1.54) is 6.07 Å². The minimum absolute atomic E-state index is 0.0843. The van der Waals surface area contributed by atoms with Crippen molar-refractivity contribution in [2.24, 2.45) is 0 Å². The smallest absolute Gasteiger partial charge is 0.323 e. The Morgan fingerprint density at radius 2 is 1.66 bits per heavy atom. The summed E-state index contributed by atoms with van der Waals surface area (Å²) < 4.78 is 28.5. The Balaban J connectivity index is 1.54. The van der Waals surface area contributed by atoms with Crippen LogP contribution in [0.1, 0.15) is 47.2 Å². The lowest BCUT2D eigenvalue weighted by Crippen LogP contribution is -2.50. The normalized spacial score (nSPS) is 14.7. The van der Waals surface area contributed by atoms with Crippen LogP contribution in [0.15, 0.2) is 59.4 Å². The number of carbonyl (C=O) groups excluding carboxylic acids is 1. The molecule has 0 unspecified atom stereocenters. The van der Waals surface area contributed by atoms with Gasteiger partial charge in [-0.3, -0.25) is 19.0 Å². The summed E-state index contributed by atoms with van der Waals surface area (Å²) in [5.74, 6) is -3.59. The Morgan fingerprint density at radius 1 is 1.00 bits per heavy atom. The van der Waals surface area contributed by atoms with Crippen LogP contribution in [0, 0.1) is 11.6 Å². The zero-order valence-corrected chi connectivity index (χ0v) is 18.9. The number of hydrogen-bond acceptors (Lipinski definition) is 5. The van der Waals surface area contributed by atoms with Gasteiger partial charge in [-0.25, -0.2) is 8.78 Å². The molecule has 35 heavy (non-hydrogen) atoms. The van der Waals surface area contributed by atoms with E-state index in [0.29, 0.717) is 37.6 Å². The molecular formula is C26H25F2N3O4. The first-order valence-electron chi connectivity index (χ1n) is 11.3. The van der Waals surface area contributed by atoms with Crippen LogP contribution in [0.25, 0.3) is 5.69 Å². The van der Waals surface area contributed by atoms with E-state index in [1.807, 2.05) is 0 Å². The predicted molar refractivity (Wildman–Crippen MR) is 127 cm³/mol. The minimum atomic E-state index is -1.02. The second kappa shape index (κ2) is 9.79. The van der Waals surface area contributed by atoms with Crippen molar-refractivity contribution < 1.29 is 23.5 Å². The average molecular weight is 481 g/mol. The highest BCUT2D eigenvalue weighted by molar-refractivity contribution is 6.11. The van der Waals surface area contributed by atoms with Crippen molar-refractivity contribution in [3.05, 3.63) is 93.3 Å². The lowest BCUT2D eigenvalue weighted by atomic mass is 9.97. The Morgan fingerprint density at radius 3 is 2.29 bits per heavy atom. The van der Waals surface area contributed by atoms with E-state index >= 15 is 0 Å². The van der Waals surface area contributed by atoms with Crippen molar-refractivity contribution >= 4 is 17.6 Å². The van der Waals surface area contributed by atoms with E-state index in [0.717, 1.165) is 41.2 Å². The molecule has 9 heteroatoms. The summed E-state index contributed by atoms with van der Waals surface area (Å²) in [5, 5.41) is 12.8. The average Bonchev–Trinajstić information content (AvgIpc) is 3.30. The summed E-state index contributed by atoms with van der Waals surface area (Å²) >= 11 is 0. The molecule has 1 aliphatic carbocycles. The van der Waals surface area contributed by atoms with Gasteiger partial charge in [0.1, 0.15) is 23.0 Å². The first kappa shape index (κ1) is 24.3. The van der Waals surface area contributed by atoms with Crippen LogP contribution in [0.3, 0.4) is 0 Å². The van der Waals surface area contributed by atoms with Crippen molar-refractivity contribution in [3.8, 4) is 5.69 Å². The molecule has 7 nitrogen and oxygen atoms in total. The standard InChI is InChI=1S/C26H25F2N3O4/c27-17-5-8-19(21(28)15-17)23(33)20-9-10-22(32)31(24(20)29)18-6-3-16(4-7-18)11-14-30-26(25(34)35)12-1-2-13-26/h3-10,15,30H,1-2,11-14,29H2,(H,34,35). The Labute approximate surface area is 200 Å². The maximum Gasteiger partial charge on any atom is 0.323 e. The summed E-state index contributed by atoms with van der Waals surface area (Å²) in [6.07, 6.45) is 3.59. The molecule has 0 aliphatic heterocycles. The van der Waals surface area contributed by atoms with Gasteiger partial charge in [0.05, 0.1) is 16.8 Å². The molecule has 1 aliphatic rings. The van der Waals surface area contributed by atoms with Crippen LogP contribution >= 0.6 is 0 Å². The number of aromatic nitrogens is 1. The maximum atomic E-state index is 14.1. The highest BCUT2D eigenvalue weighted by Crippen LogP contribution is 2.30. The molecule has 0 radical (unpaired) electrons. The monoisotopic (exact) mass is 481 g/mol. The number of nitrogens with one attached hydrogen (secondary N) is 1. The summed E-state index contributed by atoms with van der Waals surface area (Å²) in [5.41, 5.74) is 5.71. The molecule has 0 bridgehead atoms. The number of aliphatic carboxylic acids is 1. The fourth-order valence-electron chi connectivity index (χ4n) is 4.53. The van der Waals surface area contributed by atoms with Crippen molar-refractivity contribution in [1.82, 2.24) is 9.88 Å². The Hall–Kier alpha value is -3.85. The minimum Gasteiger partial charge on any atom is -0.480 e. The predicted octanol–water partition coefficient (Wildman–Crippen LogP) is 3.46. The molecule has 4 N–H and O–H groups in total. The van der Waals surface area contributed by atoms with Gasteiger partial charge >= 0.3 is 5.97 Å². The largest absolute Gasteiger partial charge is 0.480 e. The maximum absolute atomic E-state index is 14.1. The van der Waals surface area contributed by atoms with Crippen molar-refractivity contribution in [2.45, 2.75) is 37.6 Å². The molecule has 2 aromatic carbocycles. The number of nitrogens with two attached hydrogens (primary N) is 1. The van der Waals surface area contributed by atoms with E-state index in [9.17, 15) is 28.3 Å². The number of rotatable bonds is 8. The van der Waals surface area contributed by atoms with Gasteiger partial charge in [0.2, 0.25) is 0 Å². The molecule has 3 aromatic rings. The zero-order valence-electron chi connectivity index (χ0n) is 18.9. The number of hydrogen-bond donors (Lipinski definition) is 3. The number of carbonyl (C=O) groups is 2. The van der Waals surface area contributed by atoms with E-state index in [4.69, 9.17) is 5.73 Å². The van der Waals surface area contributed by atoms with Gasteiger partial charge in [0.25, 0.3) is 5.56 Å². The molecule has 0 amide bonds. The Kier molecular flexibility index (Phi) is 6.79. The van der Waals surface area contributed by atoms with Gasteiger partial charge in [-0.15, -0.1) is 0 Å². The lowest BCUT2D eigenvalue weighted by Gasteiger charge is -2.25. The fraction of sp³-hybridized carbons (Fsp3) is 0.269. The molecule has 182 valence electrons. The van der Waals surface area contributed by atoms with E-state index < -0.39 is 34.5 Å². The third-order valence-electron chi connectivity index (χ3n) is 6.49. The Bertz CT molecular complexity index is 1330. The van der Waals surface area contributed by atoms with Gasteiger partial charge in [-0.05, 0) is 55.2 Å². The number of ketones is 1. The molecule has 0 spiro atoms. The number of nitrogen functional groups attached to an aromatic ring is 1. The second-order valence-electron chi connectivity index (χ2n) is 8.70. The van der Waals surface area contributed by atoms with Gasteiger partial charge < -0.3 is 16.2 Å². The summed E-state index contributed by atoms with van der Waals surface area (Å²) in [7, 11) is 0. The van der Waals surface area contributed by atoms with Crippen LogP contribution in [0.4, 0.5) is 14.6 Å². The SMILES string of the molecule is Nc1c(C(=O)c2ccc(F)cc2F)ccc(=O)n1-c1ccc(CCNC2(C(=O)O)CCCC2)cc1. The van der Waals surface area contributed by atoms with E-state index in [2.05, 4.69) is 5.32 Å². The van der Waals surface area contributed by atoms with Crippen molar-refractivity contribution in [3.63, 3.8) is 0 Å². The van der Waals surface area contributed by atoms with Crippen LogP contribution in [0.5, 0.6) is 0 Å². The summed E-state index contributed by atoms with van der Waals surface area (Å²) in [6.45, 7) is 0.487. The molecule has 4 rings (SSSR count). The third kappa shape index (κ3) is 4.85. The molecule has 1 aromatic heterocycles. The van der Waals surface area contributed by atoms with Gasteiger partial charge in [0, 0.05) is 18.7 Å². The molecule has 0 saturated heterocycles. The molecule has 0 atom stereocenters. The first-order valence-corrected chi connectivity index (χ1v) is 11.3. The number of anilines is 1. The van der Waals surface area contributed by atoms with Crippen LogP contribution in [-0.4, -0.2) is 33.5 Å². The van der Waals surface area contributed by atoms with Gasteiger partial charge in [-0.2, -0.15) is 0 Å². The second-order valence-corrected chi connectivity index (χ2v) is 8.70. The number of carboxylic acids is 1. The van der Waals surface area contributed by atoms with Crippen LogP contribution in [0.2, 0.25) is 0 Å². The number of carboxylic acid groups (broad SMARTS) is 1. The van der Waals surface area contributed by atoms with Crippen molar-refractivity contribution in [2.75, 3.05) is 12.3 Å². The topological polar surface area (TPSA) is 114 Å². The number of pyridine rings is 1. The number of nitrogens with zero attached hydrogens (tertiary/aromatic N) is 1. The highest BCUT2D eigenvalue weighted by atomic mass is 19.1. The fourth-order valence-corrected chi connectivity index (χ4v) is 4.53. The molecule has 1 fully saturated rings. The van der Waals surface area contributed by atoms with E-state index in [1.54, 1.807) is 24.3 Å². The third-order valence-corrected chi connectivity index (χ3v) is 6.49. The summed E-state index contributed by atoms with van der Waals surface area (Å²) in [4.78, 5) is 37.1. The first-order chi connectivity index (χ1) is 16.7. The van der Waals surface area contributed by atoms with Crippen LogP contribution in [-0.2, 0) is 11.2 Å². The summed E-state index contributed by atoms with van der Waals surface area (Å²) in [6, 6.07) is 11.9.